The van der Waals surface area contributed by atoms with Crippen molar-refractivity contribution in [3.8, 4) is 0 Å². The molecule has 1 atom stereocenters. The number of amides is 1. The quantitative estimate of drug-likeness (QED) is 0.878. The zero-order valence-corrected chi connectivity index (χ0v) is 16.3. The number of carbonyl (C=O) groups is 1. The molecule has 0 radical (unpaired) electrons. The van der Waals surface area contributed by atoms with Crippen LogP contribution in [0.15, 0.2) is 24.7 Å². The van der Waals surface area contributed by atoms with Gasteiger partial charge in [-0.15, -0.1) is 0 Å². The van der Waals surface area contributed by atoms with Gasteiger partial charge in [0.25, 0.3) is 0 Å². The highest BCUT2D eigenvalue weighted by Crippen LogP contribution is 2.27. The number of carbonyl (C=O) groups excluding carboxylic acids is 1. The number of fused-ring (bicyclic) bond motifs is 1. The predicted octanol–water partition coefficient (Wildman–Crippen LogP) is 3.34. The van der Waals surface area contributed by atoms with Crippen LogP contribution >= 0.6 is 0 Å². The van der Waals surface area contributed by atoms with E-state index < -0.39 is 0 Å². The molecule has 1 amide bonds. The van der Waals surface area contributed by atoms with Gasteiger partial charge < -0.3 is 10.2 Å². The molecule has 1 saturated heterocycles. The minimum atomic E-state index is -0.0458. The largest absolute Gasteiger partial charge is 0.347 e. The Morgan fingerprint density at radius 3 is 2.70 bits per heavy atom. The smallest absolute Gasteiger partial charge is 0.233 e. The lowest BCUT2D eigenvalue weighted by molar-refractivity contribution is -0.127. The van der Waals surface area contributed by atoms with Gasteiger partial charge in [-0.1, -0.05) is 26.2 Å². The molecule has 2 aromatic heterocycles. The number of likely N-dealkylation sites (tertiary alicyclic amines) is 1. The minimum Gasteiger partial charge on any atom is -0.347 e. The highest BCUT2D eigenvalue weighted by Gasteiger charge is 2.30. The molecule has 27 heavy (non-hydrogen) atoms. The molecule has 0 spiro atoms. The molecular formula is C21H31N5O. The van der Waals surface area contributed by atoms with Crippen molar-refractivity contribution in [3.05, 3.63) is 30.4 Å². The first-order valence-electron chi connectivity index (χ1n) is 10.6. The fourth-order valence-electron chi connectivity index (χ4n) is 4.66. The third-order valence-corrected chi connectivity index (χ3v) is 6.33. The summed E-state index contributed by atoms with van der Waals surface area (Å²) in [6.07, 6.45) is 15.3. The van der Waals surface area contributed by atoms with Crippen molar-refractivity contribution in [2.24, 2.45) is 5.92 Å². The molecule has 146 valence electrons. The number of rotatable bonds is 5. The molecule has 0 aromatic carbocycles. The van der Waals surface area contributed by atoms with E-state index in [0.29, 0.717) is 5.78 Å². The van der Waals surface area contributed by atoms with E-state index in [-0.39, 0.29) is 17.9 Å². The Balaban J connectivity index is 1.34. The number of hydrogen-bond acceptors (Lipinski definition) is 4. The normalized spacial score (nSPS) is 21.4. The summed E-state index contributed by atoms with van der Waals surface area (Å²) in [5.74, 6) is 1.00. The van der Waals surface area contributed by atoms with Gasteiger partial charge in [-0.25, -0.2) is 9.97 Å². The van der Waals surface area contributed by atoms with E-state index in [2.05, 4.69) is 27.1 Å². The first-order valence-corrected chi connectivity index (χ1v) is 10.6. The summed E-state index contributed by atoms with van der Waals surface area (Å²) >= 11 is 0. The van der Waals surface area contributed by atoms with E-state index in [4.69, 9.17) is 0 Å². The molecule has 2 aliphatic rings. The molecule has 1 unspecified atom stereocenters. The summed E-state index contributed by atoms with van der Waals surface area (Å²) in [6, 6.07) is 2.60. The Kier molecular flexibility index (Phi) is 5.72. The van der Waals surface area contributed by atoms with Crippen LogP contribution < -0.4 is 5.32 Å². The number of aromatic nitrogens is 3. The van der Waals surface area contributed by atoms with Crippen molar-refractivity contribution in [3.63, 3.8) is 0 Å². The van der Waals surface area contributed by atoms with Crippen LogP contribution in [0.3, 0.4) is 0 Å². The van der Waals surface area contributed by atoms with E-state index in [1.165, 1.54) is 32.1 Å². The Morgan fingerprint density at radius 1 is 1.22 bits per heavy atom. The summed E-state index contributed by atoms with van der Waals surface area (Å²) in [5.41, 5.74) is 0.893. The molecule has 2 fully saturated rings. The molecule has 0 bridgehead atoms. The third-order valence-electron chi connectivity index (χ3n) is 6.33. The number of hydrogen-bond donors (Lipinski definition) is 1. The lowest BCUT2D eigenvalue weighted by Gasteiger charge is -2.39. The summed E-state index contributed by atoms with van der Waals surface area (Å²) in [7, 11) is 0. The second-order valence-corrected chi connectivity index (χ2v) is 8.06. The lowest BCUT2D eigenvalue weighted by Crippen LogP contribution is -2.45. The van der Waals surface area contributed by atoms with Gasteiger partial charge in [0.05, 0.1) is 11.7 Å². The van der Waals surface area contributed by atoms with Gasteiger partial charge in [-0.05, 0) is 51.3 Å². The predicted molar refractivity (Wildman–Crippen MR) is 105 cm³/mol. The Morgan fingerprint density at radius 2 is 2.00 bits per heavy atom. The topological polar surface area (TPSA) is 62.5 Å². The third kappa shape index (κ3) is 4.15. The first kappa shape index (κ1) is 18.4. The van der Waals surface area contributed by atoms with Crippen molar-refractivity contribution in [1.29, 1.82) is 0 Å². The number of nitrogens with zero attached hydrogens (tertiary/aromatic N) is 4. The second-order valence-electron chi connectivity index (χ2n) is 8.06. The fourth-order valence-corrected chi connectivity index (χ4v) is 4.66. The van der Waals surface area contributed by atoms with Crippen LogP contribution in [0.5, 0.6) is 0 Å². The van der Waals surface area contributed by atoms with E-state index >= 15 is 0 Å². The zero-order chi connectivity index (χ0) is 18.6. The molecule has 6 nitrogen and oxygen atoms in total. The van der Waals surface area contributed by atoms with Crippen LogP contribution in [-0.4, -0.2) is 44.3 Å². The zero-order valence-electron chi connectivity index (χ0n) is 16.3. The van der Waals surface area contributed by atoms with Gasteiger partial charge in [0.1, 0.15) is 0 Å². The lowest BCUT2D eigenvalue weighted by atomic mass is 9.89. The Bertz CT molecular complexity index is 726. The van der Waals surface area contributed by atoms with Crippen LogP contribution in [0, 0.1) is 5.92 Å². The maximum Gasteiger partial charge on any atom is 0.233 e. The number of nitrogens with one attached hydrogen (secondary N) is 1. The van der Waals surface area contributed by atoms with Crippen LogP contribution in [0.25, 0.3) is 5.78 Å². The van der Waals surface area contributed by atoms with Crippen LogP contribution in [0.1, 0.15) is 70.0 Å². The van der Waals surface area contributed by atoms with Crippen molar-refractivity contribution in [2.75, 3.05) is 13.1 Å². The molecule has 1 aliphatic carbocycles. The summed E-state index contributed by atoms with van der Waals surface area (Å²) in [5, 5.41) is 3.25. The van der Waals surface area contributed by atoms with Crippen LogP contribution in [-0.2, 0) is 4.79 Å². The van der Waals surface area contributed by atoms with Crippen molar-refractivity contribution >= 4 is 11.7 Å². The SMILES string of the molecule is CCC(NC(=O)C1CCN(C2CCCCC2)CC1)c1cn2cccnc2n1. The van der Waals surface area contributed by atoms with Crippen LogP contribution in [0.2, 0.25) is 0 Å². The van der Waals surface area contributed by atoms with Crippen molar-refractivity contribution < 1.29 is 4.79 Å². The van der Waals surface area contributed by atoms with Crippen molar-refractivity contribution in [1.82, 2.24) is 24.6 Å². The average molecular weight is 370 g/mol. The summed E-state index contributed by atoms with van der Waals surface area (Å²) < 4.78 is 1.91. The van der Waals surface area contributed by atoms with Crippen molar-refractivity contribution in [2.45, 2.75) is 70.4 Å². The second kappa shape index (κ2) is 8.38. The molecule has 6 heteroatoms. The van der Waals surface area contributed by atoms with E-state index in [0.717, 1.165) is 44.1 Å². The number of imidazole rings is 1. The minimum absolute atomic E-state index is 0.0458. The van der Waals surface area contributed by atoms with Gasteiger partial charge in [0.2, 0.25) is 11.7 Å². The molecule has 1 saturated carbocycles. The molecule has 1 aliphatic heterocycles. The summed E-state index contributed by atoms with van der Waals surface area (Å²) in [4.78, 5) is 24.4. The molecular weight excluding hydrogens is 338 g/mol. The van der Waals surface area contributed by atoms with Crippen LogP contribution in [0.4, 0.5) is 0 Å². The van der Waals surface area contributed by atoms with Gasteiger partial charge in [-0.2, -0.15) is 0 Å². The van der Waals surface area contributed by atoms with Gasteiger partial charge in [-0.3, -0.25) is 9.20 Å². The standard InChI is InChI=1S/C21H31N5O/c1-2-18(19-15-26-12-6-11-22-21(26)24-19)23-20(27)16-9-13-25(14-10-16)17-7-4-3-5-8-17/h6,11-12,15-18H,2-5,7-10,13-14H2,1H3,(H,23,27). The van der Waals surface area contributed by atoms with Gasteiger partial charge >= 0.3 is 0 Å². The monoisotopic (exact) mass is 369 g/mol. The van der Waals surface area contributed by atoms with Gasteiger partial charge in [0.15, 0.2) is 0 Å². The van der Waals surface area contributed by atoms with E-state index in [9.17, 15) is 4.79 Å². The fraction of sp³-hybridized carbons (Fsp3) is 0.667. The van der Waals surface area contributed by atoms with E-state index in [1.807, 2.05) is 22.9 Å². The first-order chi connectivity index (χ1) is 13.2. The summed E-state index contributed by atoms with van der Waals surface area (Å²) in [6.45, 7) is 4.23. The highest BCUT2D eigenvalue weighted by atomic mass is 16.2. The van der Waals surface area contributed by atoms with Gasteiger partial charge in [0, 0.05) is 30.6 Å². The molecule has 3 heterocycles. The molecule has 2 aromatic rings. The average Bonchev–Trinajstić information content (AvgIpc) is 3.16. The Hall–Kier alpha value is -1.95. The molecule has 1 N–H and O–H groups in total. The maximum atomic E-state index is 12.9. The Labute approximate surface area is 161 Å². The number of piperidine rings is 1. The highest BCUT2D eigenvalue weighted by molar-refractivity contribution is 5.79. The molecule has 4 rings (SSSR count). The van der Waals surface area contributed by atoms with E-state index in [1.54, 1.807) is 6.20 Å². The maximum absolute atomic E-state index is 12.9.